The van der Waals surface area contributed by atoms with Crippen molar-refractivity contribution in [3.05, 3.63) is 59.2 Å². The largest absolute Gasteiger partial charge is 0.493 e. The standard InChI is InChI=1S/C17H19NO3/c1-12-9-15(20-2)16(21-3)10-14(12)11-18-17(19)13-7-5-4-6-8-13/h4-10H,11H2,1-3H3,(H,18,19). The minimum atomic E-state index is -0.0928. The van der Waals surface area contributed by atoms with Gasteiger partial charge in [-0.2, -0.15) is 0 Å². The molecular weight excluding hydrogens is 266 g/mol. The lowest BCUT2D eigenvalue weighted by molar-refractivity contribution is 0.0951. The summed E-state index contributed by atoms with van der Waals surface area (Å²) in [6, 6.07) is 12.9. The molecular formula is C17H19NO3. The monoisotopic (exact) mass is 285 g/mol. The molecule has 21 heavy (non-hydrogen) atoms. The van der Waals surface area contributed by atoms with Crippen LogP contribution in [0.25, 0.3) is 0 Å². The van der Waals surface area contributed by atoms with Crippen LogP contribution < -0.4 is 14.8 Å². The molecule has 0 atom stereocenters. The van der Waals surface area contributed by atoms with E-state index in [4.69, 9.17) is 9.47 Å². The first-order chi connectivity index (χ1) is 10.2. The number of carbonyl (C=O) groups excluding carboxylic acids is 1. The normalized spacial score (nSPS) is 10.0. The molecule has 2 rings (SSSR count). The predicted octanol–water partition coefficient (Wildman–Crippen LogP) is 2.94. The van der Waals surface area contributed by atoms with Gasteiger partial charge in [-0.3, -0.25) is 4.79 Å². The second kappa shape index (κ2) is 6.79. The smallest absolute Gasteiger partial charge is 0.251 e. The van der Waals surface area contributed by atoms with Crippen molar-refractivity contribution in [1.82, 2.24) is 5.32 Å². The van der Waals surface area contributed by atoms with Gasteiger partial charge in [-0.15, -0.1) is 0 Å². The van der Waals surface area contributed by atoms with Crippen LogP contribution in [0.3, 0.4) is 0 Å². The number of benzene rings is 2. The highest BCUT2D eigenvalue weighted by Gasteiger charge is 2.10. The maximum absolute atomic E-state index is 12.0. The van der Waals surface area contributed by atoms with Gasteiger partial charge in [0, 0.05) is 12.1 Å². The molecule has 2 aromatic rings. The highest BCUT2D eigenvalue weighted by atomic mass is 16.5. The van der Waals surface area contributed by atoms with E-state index in [1.807, 2.05) is 37.3 Å². The van der Waals surface area contributed by atoms with Crippen molar-refractivity contribution in [3.63, 3.8) is 0 Å². The van der Waals surface area contributed by atoms with Gasteiger partial charge in [-0.05, 0) is 42.3 Å². The fraction of sp³-hybridized carbons (Fsp3) is 0.235. The Balaban J connectivity index is 2.11. The molecule has 0 unspecified atom stereocenters. The molecule has 0 saturated heterocycles. The van der Waals surface area contributed by atoms with Crippen LogP contribution >= 0.6 is 0 Å². The van der Waals surface area contributed by atoms with Crippen molar-refractivity contribution in [1.29, 1.82) is 0 Å². The number of amides is 1. The lowest BCUT2D eigenvalue weighted by atomic mass is 10.1. The molecule has 4 heteroatoms. The fourth-order valence-electron chi connectivity index (χ4n) is 2.08. The highest BCUT2D eigenvalue weighted by Crippen LogP contribution is 2.30. The molecule has 1 N–H and O–H groups in total. The van der Waals surface area contributed by atoms with Crippen LogP contribution in [0.5, 0.6) is 11.5 Å². The minimum absolute atomic E-state index is 0.0928. The van der Waals surface area contributed by atoms with E-state index in [1.165, 1.54) is 0 Å². The Hall–Kier alpha value is -2.49. The zero-order valence-electron chi connectivity index (χ0n) is 12.5. The molecule has 0 aromatic heterocycles. The number of rotatable bonds is 5. The Bertz CT molecular complexity index is 623. The molecule has 0 heterocycles. The summed E-state index contributed by atoms with van der Waals surface area (Å²) in [5.74, 6) is 1.25. The number of hydrogen-bond donors (Lipinski definition) is 1. The molecule has 0 aliphatic heterocycles. The van der Waals surface area contributed by atoms with Gasteiger partial charge in [0.05, 0.1) is 14.2 Å². The molecule has 0 bridgehead atoms. The first-order valence-corrected chi connectivity index (χ1v) is 6.70. The molecule has 4 nitrogen and oxygen atoms in total. The molecule has 2 aromatic carbocycles. The van der Waals surface area contributed by atoms with Crippen molar-refractivity contribution in [2.24, 2.45) is 0 Å². The Labute approximate surface area is 124 Å². The van der Waals surface area contributed by atoms with E-state index in [1.54, 1.807) is 26.4 Å². The summed E-state index contributed by atoms with van der Waals surface area (Å²) in [4.78, 5) is 12.0. The second-order valence-corrected chi connectivity index (χ2v) is 4.68. The SMILES string of the molecule is COc1cc(C)c(CNC(=O)c2ccccc2)cc1OC. The van der Waals surface area contributed by atoms with Gasteiger partial charge in [0.1, 0.15) is 0 Å². The van der Waals surface area contributed by atoms with E-state index >= 15 is 0 Å². The maximum Gasteiger partial charge on any atom is 0.251 e. The quantitative estimate of drug-likeness (QED) is 0.918. The van der Waals surface area contributed by atoms with Crippen LogP contribution in [0.15, 0.2) is 42.5 Å². The highest BCUT2D eigenvalue weighted by molar-refractivity contribution is 5.94. The summed E-state index contributed by atoms with van der Waals surface area (Å²) < 4.78 is 10.5. The number of nitrogens with one attached hydrogen (secondary N) is 1. The van der Waals surface area contributed by atoms with Crippen molar-refractivity contribution in [2.75, 3.05) is 14.2 Å². The van der Waals surface area contributed by atoms with E-state index in [-0.39, 0.29) is 5.91 Å². The Morgan fingerprint density at radius 2 is 1.67 bits per heavy atom. The summed E-state index contributed by atoms with van der Waals surface area (Å²) in [5, 5.41) is 2.91. The minimum Gasteiger partial charge on any atom is -0.493 e. The van der Waals surface area contributed by atoms with E-state index < -0.39 is 0 Å². The summed E-state index contributed by atoms with van der Waals surface area (Å²) in [6.07, 6.45) is 0. The third kappa shape index (κ3) is 3.54. The third-order valence-electron chi connectivity index (χ3n) is 3.32. The van der Waals surface area contributed by atoms with Gasteiger partial charge < -0.3 is 14.8 Å². The first-order valence-electron chi connectivity index (χ1n) is 6.70. The Morgan fingerprint density at radius 1 is 1.05 bits per heavy atom. The topological polar surface area (TPSA) is 47.6 Å². The average Bonchev–Trinajstić information content (AvgIpc) is 2.53. The van der Waals surface area contributed by atoms with E-state index in [0.29, 0.717) is 23.6 Å². The van der Waals surface area contributed by atoms with Crippen molar-refractivity contribution in [3.8, 4) is 11.5 Å². The number of carbonyl (C=O) groups is 1. The van der Waals surface area contributed by atoms with Gasteiger partial charge in [-0.25, -0.2) is 0 Å². The summed E-state index contributed by atoms with van der Waals surface area (Å²) in [5.41, 5.74) is 2.69. The fourth-order valence-corrected chi connectivity index (χ4v) is 2.08. The number of aryl methyl sites for hydroxylation is 1. The molecule has 0 aliphatic carbocycles. The number of ether oxygens (including phenoxy) is 2. The molecule has 0 fully saturated rings. The molecule has 110 valence electrons. The Morgan fingerprint density at radius 3 is 2.29 bits per heavy atom. The van der Waals surface area contributed by atoms with Crippen LogP contribution in [0, 0.1) is 6.92 Å². The maximum atomic E-state index is 12.0. The summed E-state index contributed by atoms with van der Waals surface area (Å²) in [6.45, 7) is 2.42. The molecule has 1 amide bonds. The molecule has 0 aliphatic rings. The molecule has 0 saturated carbocycles. The van der Waals surface area contributed by atoms with Crippen LogP contribution in [-0.4, -0.2) is 20.1 Å². The third-order valence-corrected chi connectivity index (χ3v) is 3.32. The van der Waals surface area contributed by atoms with Crippen molar-refractivity contribution in [2.45, 2.75) is 13.5 Å². The van der Waals surface area contributed by atoms with E-state index in [9.17, 15) is 4.79 Å². The van der Waals surface area contributed by atoms with Gasteiger partial charge >= 0.3 is 0 Å². The van der Waals surface area contributed by atoms with Crippen molar-refractivity contribution >= 4 is 5.91 Å². The zero-order valence-corrected chi connectivity index (χ0v) is 12.5. The molecule has 0 radical (unpaired) electrons. The lowest BCUT2D eigenvalue weighted by Crippen LogP contribution is -2.23. The van der Waals surface area contributed by atoms with Crippen LogP contribution in [-0.2, 0) is 6.54 Å². The second-order valence-electron chi connectivity index (χ2n) is 4.68. The summed E-state index contributed by atoms with van der Waals surface area (Å²) in [7, 11) is 3.20. The Kier molecular flexibility index (Phi) is 4.82. The predicted molar refractivity (Wildman–Crippen MR) is 81.9 cm³/mol. The van der Waals surface area contributed by atoms with Crippen LogP contribution in [0.4, 0.5) is 0 Å². The van der Waals surface area contributed by atoms with E-state index in [2.05, 4.69) is 5.32 Å². The van der Waals surface area contributed by atoms with Gasteiger partial charge in [0.2, 0.25) is 0 Å². The zero-order chi connectivity index (χ0) is 15.2. The van der Waals surface area contributed by atoms with Gasteiger partial charge in [0.25, 0.3) is 5.91 Å². The van der Waals surface area contributed by atoms with Crippen LogP contribution in [0.1, 0.15) is 21.5 Å². The van der Waals surface area contributed by atoms with Gasteiger partial charge in [0.15, 0.2) is 11.5 Å². The lowest BCUT2D eigenvalue weighted by Gasteiger charge is -2.13. The molecule has 0 spiro atoms. The number of methoxy groups -OCH3 is 2. The van der Waals surface area contributed by atoms with Crippen molar-refractivity contribution < 1.29 is 14.3 Å². The van der Waals surface area contributed by atoms with Gasteiger partial charge in [-0.1, -0.05) is 18.2 Å². The summed E-state index contributed by atoms with van der Waals surface area (Å²) >= 11 is 0. The van der Waals surface area contributed by atoms with Crippen LogP contribution in [0.2, 0.25) is 0 Å². The number of hydrogen-bond acceptors (Lipinski definition) is 3. The first kappa shape index (κ1) is 14.9. The average molecular weight is 285 g/mol. The van der Waals surface area contributed by atoms with E-state index in [0.717, 1.165) is 11.1 Å².